The van der Waals surface area contributed by atoms with Crippen LogP contribution in [0.5, 0.6) is 0 Å². The zero-order chi connectivity index (χ0) is 19.0. The van der Waals surface area contributed by atoms with Crippen molar-refractivity contribution in [3.63, 3.8) is 0 Å². The molecule has 2 fully saturated rings. The molecule has 2 aliphatic rings. The molecule has 27 heavy (non-hydrogen) atoms. The van der Waals surface area contributed by atoms with Crippen molar-refractivity contribution in [2.24, 2.45) is 5.92 Å². The standard InChI is InChI=1S/C20H28BrN5O/c1-3-4-17(25-8-7-22-13(2)11-25)19-24-18-16(9-15(21)10-23-18)20(27)26(19)12-14-5-6-14/h9-10,13-14,17,22H,3-8,11-12H2,1-2H3/t13-,17-/m0/s1. The summed E-state index contributed by atoms with van der Waals surface area (Å²) in [6.07, 6.45) is 6.22. The number of rotatable bonds is 6. The number of nitrogens with one attached hydrogen (secondary N) is 1. The van der Waals surface area contributed by atoms with Crippen LogP contribution in [0, 0.1) is 5.92 Å². The minimum atomic E-state index is 0.0555. The molecule has 7 heteroatoms. The molecule has 0 amide bonds. The van der Waals surface area contributed by atoms with E-state index in [0.717, 1.165) is 49.3 Å². The van der Waals surface area contributed by atoms with E-state index in [0.29, 0.717) is 23.0 Å². The van der Waals surface area contributed by atoms with Gasteiger partial charge in [-0.3, -0.25) is 14.3 Å². The number of halogens is 1. The van der Waals surface area contributed by atoms with E-state index < -0.39 is 0 Å². The summed E-state index contributed by atoms with van der Waals surface area (Å²) < 4.78 is 2.78. The van der Waals surface area contributed by atoms with E-state index in [1.54, 1.807) is 6.20 Å². The van der Waals surface area contributed by atoms with Gasteiger partial charge in [0.05, 0.1) is 11.4 Å². The quantitative estimate of drug-likeness (QED) is 0.757. The van der Waals surface area contributed by atoms with Crippen molar-refractivity contribution in [2.45, 2.75) is 58.2 Å². The molecule has 2 aromatic heterocycles. The van der Waals surface area contributed by atoms with Crippen LogP contribution >= 0.6 is 15.9 Å². The van der Waals surface area contributed by atoms with Gasteiger partial charge in [-0.2, -0.15) is 0 Å². The predicted molar refractivity (Wildman–Crippen MR) is 111 cm³/mol. The average molecular weight is 434 g/mol. The summed E-state index contributed by atoms with van der Waals surface area (Å²) in [7, 11) is 0. The Kier molecular flexibility index (Phi) is 5.62. The molecule has 0 bridgehead atoms. The number of nitrogens with zero attached hydrogens (tertiary/aromatic N) is 4. The first-order chi connectivity index (χ1) is 13.1. The van der Waals surface area contributed by atoms with Gasteiger partial charge in [-0.15, -0.1) is 0 Å². The van der Waals surface area contributed by atoms with E-state index in [1.165, 1.54) is 12.8 Å². The highest BCUT2D eigenvalue weighted by Gasteiger charge is 2.31. The third kappa shape index (κ3) is 4.10. The van der Waals surface area contributed by atoms with Gasteiger partial charge in [0.1, 0.15) is 5.82 Å². The number of piperazine rings is 1. The van der Waals surface area contributed by atoms with Crippen LogP contribution in [0.2, 0.25) is 0 Å². The Bertz CT molecular complexity index is 879. The van der Waals surface area contributed by atoms with Gasteiger partial charge in [0.2, 0.25) is 0 Å². The molecule has 1 aliphatic carbocycles. The second kappa shape index (κ2) is 7.97. The third-order valence-corrected chi connectivity index (χ3v) is 6.08. The predicted octanol–water partition coefficient (Wildman–Crippen LogP) is 3.10. The number of hydrogen-bond acceptors (Lipinski definition) is 5. The van der Waals surface area contributed by atoms with Gasteiger partial charge in [0.15, 0.2) is 5.65 Å². The number of hydrogen-bond donors (Lipinski definition) is 1. The summed E-state index contributed by atoms with van der Waals surface area (Å²) in [6.45, 7) is 8.16. The Morgan fingerprint density at radius 2 is 2.22 bits per heavy atom. The molecule has 4 rings (SSSR count). The lowest BCUT2D eigenvalue weighted by molar-refractivity contribution is 0.131. The molecule has 1 N–H and O–H groups in total. The normalized spacial score (nSPS) is 22.3. The van der Waals surface area contributed by atoms with Crippen molar-refractivity contribution in [3.8, 4) is 0 Å². The molecule has 3 heterocycles. The van der Waals surface area contributed by atoms with E-state index in [-0.39, 0.29) is 11.6 Å². The first kappa shape index (κ1) is 19.0. The summed E-state index contributed by atoms with van der Waals surface area (Å²) in [5.41, 5.74) is 0.620. The first-order valence-corrected chi connectivity index (χ1v) is 10.9. The fraction of sp³-hybridized carbons (Fsp3) is 0.650. The highest BCUT2D eigenvalue weighted by Crippen LogP contribution is 2.33. The Morgan fingerprint density at radius 1 is 1.41 bits per heavy atom. The summed E-state index contributed by atoms with van der Waals surface area (Å²) >= 11 is 3.44. The van der Waals surface area contributed by atoms with Crippen molar-refractivity contribution in [2.75, 3.05) is 19.6 Å². The molecular weight excluding hydrogens is 406 g/mol. The zero-order valence-electron chi connectivity index (χ0n) is 16.1. The molecule has 0 aromatic carbocycles. The molecule has 6 nitrogen and oxygen atoms in total. The van der Waals surface area contributed by atoms with Gasteiger partial charge in [0.25, 0.3) is 5.56 Å². The smallest absolute Gasteiger partial charge is 0.263 e. The van der Waals surface area contributed by atoms with Gasteiger partial charge in [-0.05, 0) is 54.1 Å². The lowest BCUT2D eigenvalue weighted by Gasteiger charge is -2.38. The molecule has 0 unspecified atom stereocenters. The maximum atomic E-state index is 13.4. The molecule has 0 radical (unpaired) electrons. The second-order valence-corrected chi connectivity index (χ2v) is 8.92. The van der Waals surface area contributed by atoms with Crippen molar-refractivity contribution in [3.05, 3.63) is 32.9 Å². The van der Waals surface area contributed by atoms with Gasteiger partial charge in [-0.25, -0.2) is 9.97 Å². The average Bonchev–Trinajstić information content (AvgIpc) is 3.47. The maximum Gasteiger partial charge on any atom is 0.263 e. The third-order valence-electron chi connectivity index (χ3n) is 5.64. The molecule has 1 saturated heterocycles. The molecule has 0 spiro atoms. The molecular formula is C20H28BrN5O. The van der Waals surface area contributed by atoms with Gasteiger partial charge in [-0.1, -0.05) is 13.3 Å². The summed E-state index contributed by atoms with van der Waals surface area (Å²) in [6, 6.07) is 2.48. The van der Waals surface area contributed by atoms with Crippen LogP contribution in [0.25, 0.3) is 11.0 Å². The van der Waals surface area contributed by atoms with E-state index >= 15 is 0 Å². The fourth-order valence-corrected chi connectivity index (χ4v) is 4.41. The van der Waals surface area contributed by atoms with E-state index in [1.807, 2.05) is 10.6 Å². The Labute approximate surface area is 168 Å². The van der Waals surface area contributed by atoms with Crippen molar-refractivity contribution in [1.29, 1.82) is 0 Å². The largest absolute Gasteiger partial charge is 0.312 e. The Morgan fingerprint density at radius 3 is 2.93 bits per heavy atom. The molecule has 1 aliphatic heterocycles. The fourth-order valence-electron chi connectivity index (χ4n) is 4.08. The van der Waals surface area contributed by atoms with Crippen molar-refractivity contribution < 1.29 is 0 Å². The van der Waals surface area contributed by atoms with E-state index in [2.05, 4.69) is 45.0 Å². The van der Waals surface area contributed by atoms with Crippen LogP contribution in [0.15, 0.2) is 21.5 Å². The minimum Gasteiger partial charge on any atom is -0.312 e. The lowest BCUT2D eigenvalue weighted by atomic mass is 10.1. The Balaban J connectivity index is 1.83. The van der Waals surface area contributed by atoms with E-state index in [4.69, 9.17) is 4.98 Å². The SMILES string of the molecule is CCC[C@@H](c1nc2ncc(Br)cc2c(=O)n1CC1CC1)N1CCN[C@@H](C)C1. The summed E-state index contributed by atoms with van der Waals surface area (Å²) in [5.74, 6) is 1.52. The van der Waals surface area contributed by atoms with Gasteiger partial charge in [0, 0.05) is 42.9 Å². The first-order valence-electron chi connectivity index (χ1n) is 10.1. The van der Waals surface area contributed by atoms with Crippen molar-refractivity contribution in [1.82, 2.24) is 24.8 Å². The van der Waals surface area contributed by atoms with Gasteiger partial charge < -0.3 is 5.32 Å². The number of pyridine rings is 1. The zero-order valence-corrected chi connectivity index (χ0v) is 17.7. The van der Waals surface area contributed by atoms with Crippen LogP contribution in [-0.2, 0) is 6.54 Å². The van der Waals surface area contributed by atoms with Crippen LogP contribution < -0.4 is 10.9 Å². The topological polar surface area (TPSA) is 63.1 Å². The molecule has 146 valence electrons. The second-order valence-electron chi connectivity index (χ2n) is 8.01. The number of aromatic nitrogens is 3. The highest BCUT2D eigenvalue weighted by atomic mass is 79.9. The van der Waals surface area contributed by atoms with Crippen LogP contribution in [-0.4, -0.2) is 45.1 Å². The molecule has 2 aromatic rings. The molecule has 2 atom stereocenters. The Hall–Kier alpha value is -1.31. The van der Waals surface area contributed by atoms with Crippen LogP contribution in [0.4, 0.5) is 0 Å². The van der Waals surface area contributed by atoms with Crippen molar-refractivity contribution >= 4 is 27.0 Å². The highest BCUT2D eigenvalue weighted by molar-refractivity contribution is 9.10. The van der Waals surface area contributed by atoms with Gasteiger partial charge >= 0.3 is 0 Å². The minimum absolute atomic E-state index is 0.0555. The molecule has 1 saturated carbocycles. The monoisotopic (exact) mass is 433 g/mol. The summed E-state index contributed by atoms with van der Waals surface area (Å²) in [5, 5.41) is 4.13. The summed E-state index contributed by atoms with van der Waals surface area (Å²) in [4.78, 5) is 25.2. The number of fused-ring (bicyclic) bond motifs is 1. The maximum absolute atomic E-state index is 13.4. The van der Waals surface area contributed by atoms with Crippen LogP contribution in [0.3, 0.4) is 0 Å². The van der Waals surface area contributed by atoms with E-state index in [9.17, 15) is 4.79 Å². The lowest BCUT2D eigenvalue weighted by Crippen LogP contribution is -2.51. The van der Waals surface area contributed by atoms with Crippen LogP contribution in [0.1, 0.15) is 51.4 Å².